The molecule has 4 nitrogen and oxygen atoms in total. The van der Waals surface area contributed by atoms with Crippen molar-refractivity contribution in [3.05, 3.63) is 35.3 Å². The third kappa shape index (κ3) is 5.47. The zero-order valence-electron chi connectivity index (χ0n) is 13.2. The molecule has 1 N–H and O–H groups in total. The van der Waals surface area contributed by atoms with Gasteiger partial charge in [0.05, 0.1) is 24.9 Å². The van der Waals surface area contributed by atoms with Gasteiger partial charge in [0.2, 0.25) is 0 Å². The summed E-state index contributed by atoms with van der Waals surface area (Å²) in [5.74, 6) is 0.672. The van der Waals surface area contributed by atoms with E-state index in [-0.39, 0.29) is 19.7 Å². The molecule has 132 valence electrons. The average molecular weight is 360 g/mol. The monoisotopic (exact) mass is 360 g/mol. The van der Waals surface area contributed by atoms with Gasteiger partial charge < -0.3 is 9.84 Å². The standard InChI is InChI=1S/C16H19F3N2O2S/c1-23-14-6-3-2-5-13(14)15-20-12(10-24-15)9-21(7-4-8-22)11-16(17,18)19/h2-3,5-6,10,22H,4,7-9,11H2,1H3. The molecule has 0 saturated heterocycles. The maximum Gasteiger partial charge on any atom is 0.401 e. The number of ether oxygens (including phenoxy) is 1. The molecule has 0 atom stereocenters. The van der Waals surface area contributed by atoms with Gasteiger partial charge in [-0.3, -0.25) is 4.90 Å². The number of hydrogen-bond donors (Lipinski definition) is 1. The van der Waals surface area contributed by atoms with E-state index in [0.717, 1.165) is 5.56 Å². The molecule has 2 rings (SSSR count). The highest BCUT2D eigenvalue weighted by molar-refractivity contribution is 7.13. The fourth-order valence-electron chi connectivity index (χ4n) is 2.32. The Hall–Kier alpha value is -1.64. The van der Waals surface area contributed by atoms with E-state index in [2.05, 4.69) is 4.98 Å². The SMILES string of the molecule is COc1ccccc1-c1nc(CN(CCCO)CC(F)(F)F)cs1. The van der Waals surface area contributed by atoms with Crippen molar-refractivity contribution < 1.29 is 23.0 Å². The molecule has 2 aromatic rings. The molecule has 1 heterocycles. The van der Waals surface area contributed by atoms with Crippen LogP contribution in [-0.2, 0) is 6.54 Å². The summed E-state index contributed by atoms with van der Waals surface area (Å²) in [5, 5.41) is 11.3. The number of thiazole rings is 1. The molecule has 24 heavy (non-hydrogen) atoms. The Balaban J connectivity index is 2.13. The smallest absolute Gasteiger partial charge is 0.401 e. The van der Waals surface area contributed by atoms with Crippen LogP contribution in [0.5, 0.6) is 5.75 Å². The fraction of sp³-hybridized carbons (Fsp3) is 0.438. The number of aliphatic hydroxyl groups is 1. The number of methoxy groups -OCH3 is 1. The number of rotatable bonds is 8. The number of aliphatic hydroxyl groups excluding tert-OH is 1. The minimum absolute atomic E-state index is 0.0885. The highest BCUT2D eigenvalue weighted by Gasteiger charge is 2.30. The number of halogens is 3. The lowest BCUT2D eigenvalue weighted by Crippen LogP contribution is -2.35. The summed E-state index contributed by atoms with van der Waals surface area (Å²) in [4.78, 5) is 5.68. The van der Waals surface area contributed by atoms with Crippen LogP contribution in [0.25, 0.3) is 10.6 Å². The van der Waals surface area contributed by atoms with Crippen LogP contribution in [0.4, 0.5) is 13.2 Å². The van der Waals surface area contributed by atoms with Crippen LogP contribution in [0.1, 0.15) is 12.1 Å². The van der Waals surface area contributed by atoms with Gasteiger partial charge in [0, 0.05) is 25.1 Å². The van der Waals surface area contributed by atoms with Crippen LogP contribution < -0.4 is 4.74 Å². The lowest BCUT2D eigenvalue weighted by atomic mass is 10.2. The van der Waals surface area contributed by atoms with Gasteiger partial charge in [-0.25, -0.2) is 4.98 Å². The van der Waals surface area contributed by atoms with Crippen LogP contribution in [0, 0.1) is 0 Å². The van der Waals surface area contributed by atoms with Crippen LogP contribution >= 0.6 is 11.3 Å². The van der Waals surface area contributed by atoms with E-state index in [1.165, 1.54) is 16.2 Å². The Morgan fingerprint density at radius 3 is 2.71 bits per heavy atom. The second kappa shape index (κ2) is 8.46. The summed E-state index contributed by atoms with van der Waals surface area (Å²) in [6.07, 6.45) is -3.99. The minimum atomic E-state index is -4.28. The molecule has 0 radical (unpaired) electrons. The Bertz CT molecular complexity index is 646. The number of nitrogens with zero attached hydrogens (tertiary/aromatic N) is 2. The van der Waals surface area contributed by atoms with Crippen molar-refractivity contribution in [1.82, 2.24) is 9.88 Å². The largest absolute Gasteiger partial charge is 0.496 e. The van der Waals surface area contributed by atoms with E-state index in [1.54, 1.807) is 12.5 Å². The van der Waals surface area contributed by atoms with Crippen molar-refractivity contribution in [3.8, 4) is 16.3 Å². The van der Waals surface area contributed by atoms with Gasteiger partial charge in [-0.1, -0.05) is 12.1 Å². The first kappa shape index (κ1) is 18.7. The van der Waals surface area contributed by atoms with Crippen LogP contribution in [0.2, 0.25) is 0 Å². The number of hydrogen-bond acceptors (Lipinski definition) is 5. The predicted molar refractivity (Wildman–Crippen MR) is 87.1 cm³/mol. The maximum absolute atomic E-state index is 12.7. The first-order valence-corrected chi connectivity index (χ1v) is 8.28. The Kier molecular flexibility index (Phi) is 6.59. The zero-order valence-corrected chi connectivity index (χ0v) is 14.0. The Morgan fingerprint density at radius 2 is 2.04 bits per heavy atom. The molecule has 0 aliphatic rings. The number of benzene rings is 1. The molecule has 0 aliphatic carbocycles. The number of alkyl halides is 3. The minimum Gasteiger partial charge on any atom is -0.496 e. The van der Waals surface area contributed by atoms with E-state index < -0.39 is 12.7 Å². The van der Waals surface area contributed by atoms with E-state index in [4.69, 9.17) is 9.84 Å². The molecule has 0 fully saturated rings. The summed E-state index contributed by atoms with van der Waals surface area (Å²) in [6.45, 7) is -0.908. The van der Waals surface area contributed by atoms with Gasteiger partial charge in [0.15, 0.2) is 0 Å². The van der Waals surface area contributed by atoms with Gasteiger partial charge >= 0.3 is 6.18 Å². The predicted octanol–water partition coefficient (Wildman–Crippen LogP) is 3.57. The number of aromatic nitrogens is 1. The third-order valence-corrected chi connectivity index (χ3v) is 4.23. The highest BCUT2D eigenvalue weighted by atomic mass is 32.1. The van der Waals surface area contributed by atoms with E-state index in [9.17, 15) is 13.2 Å². The van der Waals surface area contributed by atoms with Gasteiger partial charge in [-0.15, -0.1) is 11.3 Å². The molecular formula is C16H19F3N2O2S. The van der Waals surface area contributed by atoms with Crippen molar-refractivity contribution in [1.29, 1.82) is 0 Å². The average Bonchev–Trinajstić information content (AvgIpc) is 2.99. The molecule has 0 bridgehead atoms. The van der Waals surface area contributed by atoms with E-state index in [0.29, 0.717) is 22.9 Å². The molecular weight excluding hydrogens is 341 g/mol. The lowest BCUT2D eigenvalue weighted by Gasteiger charge is -2.22. The Labute approximate surface area is 142 Å². The summed E-state index contributed by atoms with van der Waals surface area (Å²) in [5.41, 5.74) is 1.39. The molecule has 8 heteroatoms. The van der Waals surface area contributed by atoms with Gasteiger partial charge in [-0.2, -0.15) is 13.2 Å². The van der Waals surface area contributed by atoms with Crippen molar-refractivity contribution in [2.45, 2.75) is 19.1 Å². The molecule has 1 aromatic heterocycles. The summed E-state index contributed by atoms with van der Waals surface area (Å²) in [7, 11) is 1.56. The van der Waals surface area contributed by atoms with Gasteiger partial charge in [-0.05, 0) is 18.6 Å². The maximum atomic E-state index is 12.7. The molecule has 0 saturated carbocycles. The van der Waals surface area contributed by atoms with Crippen molar-refractivity contribution in [2.24, 2.45) is 0 Å². The van der Waals surface area contributed by atoms with Crippen molar-refractivity contribution in [2.75, 3.05) is 26.8 Å². The summed E-state index contributed by atoms with van der Waals surface area (Å²) in [6, 6.07) is 7.38. The molecule has 0 aliphatic heterocycles. The summed E-state index contributed by atoms with van der Waals surface area (Å²) < 4.78 is 43.3. The van der Waals surface area contributed by atoms with Crippen molar-refractivity contribution in [3.63, 3.8) is 0 Å². The molecule has 1 aromatic carbocycles. The third-order valence-electron chi connectivity index (χ3n) is 3.31. The van der Waals surface area contributed by atoms with Crippen LogP contribution in [0.3, 0.4) is 0 Å². The highest BCUT2D eigenvalue weighted by Crippen LogP contribution is 2.32. The normalized spacial score (nSPS) is 11.9. The van der Waals surface area contributed by atoms with Crippen LogP contribution in [-0.4, -0.2) is 48.0 Å². The first-order valence-electron chi connectivity index (χ1n) is 7.40. The van der Waals surface area contributed by atoms with Crippen molar-refractivity contribution >= 4 is 11.3 Å². The molecule has 0 unspecified atom stereocenters. The number of para-hydroxylation sites is 1. The Morgan fingerprint density at radius 1 is 1.29 bits per heavy atom. The lowest BCUT2D eigenvalue weighted by molar-refractivity contribution is -0.147. The van der Waals surface area contributed by atoms with E-state index in [1.807, 2.05) is 24.3 Å². The quantitative estimate of drug-likeness (QED) is 0.782. The fourth-order valence-corrected chi connectivity index (χ4v) is 3.16. The van der Waals surface area contributed by atoms with Gasteiger partial charge in [0.1, 0.15) is 10.8 Å². The second-order valence-corrected chi connectivity index (χ2v) is 6.11. The first-order chi connectivity index (χ1) is 11.4. The summed E-state index contributed by atoms with van der Waals surface area (Å²) >= 11 is 1.37. The topological polar surface area (TPSA) is 45.6 Å². The second-order valence-electron chi connectivity index (χ2n) is 5.25. The zero-order chi connectivity index (χ0) is 17.6. The van der Waals surface area contributed by atoms with E-state index >= 15 is 0 Å². The molecule has 0 amide bonds. The van der Waals surface area contributed by atoms with Crippen LogP contribution in [0.15, 0.2) is 29.6 Å². The molecule has 0 spiro atoms. The van der Waals surface area contributed by atoms with Gasteiger partial charge in [0.25, 0.3) is 0 Å².